The lowest BCUT2D eigenvalue weighted by atomic mass is 10.1. The van der Waals surface area contributed by atoms with Crippen molar-refractivity contribution < 1.29 is 14.2 Å². The molecule has 2 aromatic rings. The Morgan fingerprint density at radius 2 is 2.10 bits per heavy atom. The third-order valence-corrected chi connectivity index (χ3v) is 3.19. The Bertz CT molecular complexity index is 659. The van der Waals surface area contributed by atoms with Crippen LogP contribution >= 0.6 is 23.2 Å². The van der Waals surface area contributed by atoms with Crippen LogP contribution < -0.4 is 9.88 Å². The number of pyridine rings is 1. The quantitative estimate of drug-likeness (QED) is 0.524. The molecule has 0 aliphatic rings. The minimum absolute atomic E-state index is 0.121. The second-order valence-corrected chi connectivity index (χ2v) is 4.92. The summed E-state index contributed by atoms with van der Waals surface area (Å²) in [5.74, 6) is -0.139. The summed E-state index contributed by atoms with van der Waals surface area (Å²) in [6.45, 7) is 0.121. The van der Waals surface area contributed by atoms with Crippen LogP contribution in [0.25, 0.3) is 0 Å². The summed E-state index contributed by atoms with van der Waals surface area (Å²) in [4.78, 5) is 22.6. The van der Waals surface area contributed by atoms with Gasteiger partial charge < -0.3 is 5.32 Å². The lowest BCUT2D eigenvalue weighted by Crippen LogP contribution is -2.37. The number of aromatic nitrogens is 1. The Labute approximate surface area is 125 Å². The van der Waals surface area contributed by atoms with E-state index in [-0.39, 0.29) is 12.3 Å². The Morgan fingerprint density at radius 1 is 1.30 bits per heavy atom. The van der Waals surface area contributed by atoms with Gasteiger partial charge in [-0.3, -0.25) is 9.59 Å². The number of nitrogens with zero attached hydrogens (tertiary/aromatic N) is 1. The van der Waals surface area contributed by atoms with Gasteiger partial charge >= 0.3 is 0 Å². The monoisotopic (exact) mass is 309 g/mol. The van der Waals surface area contributed by atoms with E-state index < -0.39 is 0 Å². The number of nitrogens with one attached hydrogen (secondary N) is 1. The summed E-state index contributed by atoms with van der Waals surface area (Å²) in [6, 6.07) is 8.22. The molecule has 0 unspecified atom stereocenters. The molecule has 1 N–H and O–H groups in total. The van der Waals surface area contributed by atoms with E-state index in [0.29, 0.717) is 27.7 Å². The smallest absolute Gasteiger partial charge is 0.229 e. The van der Waals surface area contributed by atoms with Crippen molar-refractivity contribution in [1.82, 2.24) is 0 Å². The Morgan fingerprint density at radius 3 is 2.80 bits per heavy atom. The molecule has 0 aliphatic carbocycles. The largest absolute Gasteiger partial charge is 0.324 e. The molecule has 1 aromatic carbocycles. The van der Waals surface area contributed by atoms with Gasteiger partial charge in [0.1, 0.15) is 5.69 Å². The first kappa shape index (κ1) is 14.5. The lowest BCUT2D eigenvalue weighted by molar-refractivity contribution is -0.682. The van der Waals surface area contributed by atoms with Crippen LogP contribution in [0.2, 0.25) is 10.0 Å². The molecule has 6 heteroatoms. The van der Waals surface area contributed by atoms with E-state index in [4.69, 9.17) is 23.2 Å². The van der Waals surface area contributed by atoms with Crippen molar-refractivity contribution in [2.45, 2.75) is 6.54 Å². The van der Waals surface area contributed by atoms with E-state index in [1.54, 1.807) is 41.2 Å². The van der Waals surface area contributed by atoms with Crippen molar-refractivity contribution in [3.63, 3.8) is 0 Å². The SMILES string of the molecule is O=CNc1ccc[n+](CC(=O)c2ccc(Cl)cc2Cl)c1. The highest BCUT2D eigenvalue weighted by atomic mass is 35.5. The molecule has 0 aliphatic heterocycles. The van der Waals surface area contributed by atoms with Gasteiger partial charge in [0.05, 0.1) is 5.02 Å². The van der Waals surface area contributed by atoms with E-state index in [2.05, 4.69) is 5.32 Å². The maximum Gasteiger partial charge on any atom is 0.229 e. The van der Waals surface area contributed by atoms with Crippen molar-refractivity contribution in [2.24, 2.45) is 0 Å². The van der Waals surface area contributed by atoms with E-state index in [9.17, 15) is 9.59 Å². The summed E-state index contributed by atoms with van der Waals surface area (Å²) < 4.78 is 1.67. The zero-order valence-corrected chi connectivity index (χ0v) is 11.9. The molecule has 4 nitrogen and oxygen atoms in total. The van der Waals surface area contributed by atoms with Gasteiger partial charge in [-0.25, -0.2) is 0 Å². The van der Waals surface area contributed by atoms with Crippen molar-refractivity contribution >= 4 is 41.1 Å². The third kappa shape index (κ3) is 3.56. The average molecular weight is 310 g/mol. The highest BCUT2D eigenvalue weighted by Crippen LogP contribution is 2.21. The molecule has 1 heterocycles. The maximum atomic E-state index is 12.2. The zero-order chi connectivity index (χ0) is 14.5. The molecule has 0 fully saturated rings. The molecule has 20 heavy (non-hydrogen) atoms. The molecule has 0 bridgehead atoms. The molecular weight excluding hydrogens is 299 g/mol. The van der Waals surface area contributed by atoms with Crippen LogP contribution in [0, 0.1) is 0 Å². The lowest BCUT2D eigenvalue weighted by Gasteiger charge is -2.02. The molecule has 0 spiro atoms. The van der Waals surface area contributed by atoms with E-state index in [0.717, 1.165) is 0 Å². The minimum Gasteiger partial charge on any atom is -0.324 e. The standard InChI is InChI=1S/C14H10Cl2N2O2/c15-10-3-4-12(13(16)6-10)14(20)8-18-5-1-2-11(7-18)17-9-19/h1-7,9H,8H2/p+1. The van der Waals surface area contributed by atoms with Gasteiger partial charge in [-0.05, 0) is 24.3 Å². The first-order valence-electron chi connectivity index (χ1n) is 5.77. The average Bonchev–Trinajstić information content (AvgIpc) is 2.39. The maximum absolute atomic E-state index is 12.2. The molecule has 2 rings (SSSR count). The van der Waals surface area contributed by atoms with Gasteiger partial charge in [0.2, 0.25) is 18.7 Å². The Balaban J connectivity index is 2.18. The van der Waals surface area contributed by atoms with Crippen molar-refractivity contribution in [3.05, 3.63) is 58.3 Å². The fraction of sp³-hybridized carbons (Fsp3) is 0.0714. The number of carbonyl (C=O) groups is 2. The Kier molecular flexibility index (Phi) is 4.71. The third-order valence-electron chi connectivity index (χ3n) is 2.64. The number of anilines is 1. The summed E-state index contributed by atoms with van der Waals surface area (Å²) in [6.07, 6.45) is 3.98. The number of benzene rings is 1. The van der Waals surface area contributed by atoms with Gasteiger partial charge in [-0.2, -0.15) is 4.57 Å². The number of hydrogen-bond donors (Lipinski definition) is 1. The highest BCUT2D eigenvalue weighted by molar-refractivity contribution is 6.36. The van der Waals surface area contributed by atoms with Crippen LogP contribution in [0.5, 0.6) is 0 Å². The Hall–Kier alpha value is -1.91. The van der Waals surface area contributed by atoms with Crippen LogP contribution in [0.15, 0.2) is 42.7 Å². The van der Waals surface area contributed by atoms with Crippen LogP contribution in [-0.2, 0) is 11.3 Å². The van der Waals surface area contributed by atoms with E-state index in [1.807, 2.05) is 0 Å². The van der Waals surface area contributed by atoms with Gasteiger partial charge in [0, 0.05) is 16.7 Å². The zero-order valence-electron chi connectivity index (χ0n) is 10.3. The summed E-state index contributed by atoms with van der Waals surface area (Å²) >= 11 is 11.8. The molecule has 0 atom stereocenters. The normalized spacial score (nSPS) is 10.1. The van der Waals surface area contributed by atoms with Gasteiger partial charge in [-0.15, -0.1) is 0 Å². The van der Waals surface area contributed by atoms with Crippen LogP contribution in [0.1, 0.15) is 10.4 Å². The molecule has 1 aromatic heterocycles. The fourth-order valence-electron chi connectivity index (χ4n) is 1.74. The first-order valence-corrected chi connectivity index (χ1v) is 6.53. The number of ketones is 1. The summed E-state index contributed by atoms with van der Waals surface area (Å²) in [5.41, 5.74) is 1.02. The number of halogens is 2. The minimum atomic E-state index is -0.139. The highest BCUT2D eigenvalue weighted by Gasteiger charge is 2.15. The predicted octanol–water partition coefficient (Wildman–Crippen LogP) is 2.73. The summed E-state index contributed by atoms with van der Waals surface area (Å²) in [7, 11) is 0. The van der Waals surface area contributed by atoms with Crippen molar-refractivity contribution in [2.75, 3.05) is 5.32 Å². The topological polar surface area (TPSA) is 50.1 Å². The first-order chi connectivity index (χ1) is 9.60. The van der Waals surface area contributed by atoms with Gasteiger partial charge in [0.25, 0.3) is 0 Å². The van der Waals surface area contributed by atoms with Crippen molar-refractivity contribution in [3.8, 4) is 0 Å². The number of carbonyl (C=O) groups excluding carboxylic acids is 2. The van der Waals surface area contributed by atoms with Gasteiger partial charge in [-0.1, -0.05) is 23.2 Å². The second-order valence-electron chi connectivity index (χ2n) is 4.07. The number of hydrogen-bond acceptors (Lipinski definition) is 2. The fourth-order valence-corrected chi connectivity index (χ4v) is 2.25. The van der Waals surface area contributed by atoms with Gasteiger partial charge in [0.15, 0.2) is 12.4 Å². The van der Waals surface area contributed by atoms with E-state index in [1.165, 1.54) is 6.07 Å². The van der Waals surface area contributed by atoms with Crippen LogP contribution in [-0.4, -0.2) is 12.2 Å². The number of rotatable bonds is 5. The molecule has 102 valence electrons. The number of amides is 1. The van der Waals surface area contributed by atoms with Crippen LogP contribution in [0.3, 0.4) is 0 Å². The number of Topliss-reactive ketones (excluding diaryl/α,β-unsaturated/α-hetero) is 1. The molecule has 0 radical (unpaired) electrons. The van der Waals surface area contributed by atoms with Crippen LogP contribution in [0.4, 0.5) is 5.69 Å². The second kappa shape index (κ2) is 6.50. The molecule has 0 saturated heterocycles. The molecule has 0 saturated carbocycles. The van der Waals surface area contributed by atoms with E-state index >= 15 is 0 Å². The molecule has 1 amide bonds. The predicted molar refractivity (Wildman–Crippen MR) is 77.1 cm³/mol. The summed E-state index contributed by atoms with van der Waals surface area (Å²) in [5, 5.41) is 3.33. The van der Waals surface area contributed by atoms with Crippen molar-refractivity contribution in [1.29, 1.82) is 0 Å². The molecular formula is C14H11Cl2N2O2+.